The van der Waals surface area contributed by atoms with Gasteiger partial charge in [0.15, 0.2) is 5.82 Å². The molecule has 0 fully saturated rings. The highest BCUT2D eigenvalue weighted by Crippen LogP contribution is 2.18. The van der Waals surface area contributed by atoms with Gasteiger partial charge in [0.1, 0.15) is 11.4 Å². The van der Waals surface area contributed by atoms with E-state index in [-0.39, 0.29) is 11.5 Å². The van der Waals surface area contributed by atoms with E-state index in [9.17, 15) is 4.79 Å². The van der Waals surface area contributed by atoms with Crippen molar-refractivity contribution in [3.05, 3.63) is 48.2 Å². The van der Waals surface area contributed by atoms with Gasteiger partial charge in [0.05, 0.1) is 0 Å². The zero-order valence-electron chi connectivity index (χ0n) is 11.8. The molecular weight excluding hydrogens is 254 g/mol. The van der Waals surface area contributed by atoms with Gasteiger partial charge in [-0.3, -0.25) is 4.79 Å². The average molecular weight is 271 g/mol. The molecule has 0 aliphatic carbocycles. The van der Waals surface area contributed by atoms with Crippen molar-refractivity contribution in [3.8, 4) is 5.75 Å². The number of carbonyl (C=O) groups is 1. The first kappa shape index (κ1) is 14.0. The first-order chi connectivity index (χ1) is 9.44. The van der Waals surface area contributed by atoms with Crippen molar-refractivity contribution >= 4 is 11.7 Å². The molecule has 0 saturated heterocycles. The minimum atomic E-state index is -0.261. The molecule has 1 aromatic heterocycles. The maximum atomic E-state index is 12.0. The second-order valence-corrected chi connectivity index (χ2v) is 5.30. The number of carbonyl (C=O) groups excluding carboxylic acids is 1. The average Bonchev–Trinajstić information content (AvgIpc) is 2.39. The molecule has 0 aliphatic heterocycles. The molecule has 0 radical (unpaired) electrons. The molecule has 2 aromatic rings. The van der Waals surface area contributed by atoms with Crippen LogP contribution in [0.3, 0.4) is 0 Å². The summed E-state index contributed by atoms with van der Waals surface area (Å²) in [6.07, 6.45) is 1.55. The molecule has 1 aromatic carbocycles. The molecule has 20 heavy (non-hydrogen) atoms. The normalized spacial score (nSPS) is 10.9. The molecule has 5 nitrogen and oxygen atoms in total. The number of nitrogens with zero attached hydrogens (tertiary/aromatic N) is 2. The van der Waals surface area contributed by atoms with Crippen LogP contribution in [0, 0.1) is 0 Å². The molecular formula is C15H17N3O2. The Labute approximate surface area is 118 Å². The van der Waals surface area contributed by atoms with Crippen molar-refractivity contribution in [2.45, 2.75) is 26.4 Å². The van der Waals surface area contributed by atoms with E-state index >= 15 is 0 Å². The van der Waals surface area contributed by atoms with Crippen molar-refractivity contribution in [2.24, 2.45) is 0 Å². The summed E-state index contributed by atoms with van der Waals surface area (Å²) in [5, 5.41) is 10.2. The number of ether oxygens (including phenoxy) is 1. The van der Waals surface area contributed by atoms with Crippen LogP contribution in [0.4, 0.5) is 5.82 Å². The van der Waals surface area contributed by atoms with Gasteiger partial charge in [-0.15, -0.1) is 5.10 Å². The van der Waals surface area contributed by atoms with E-state index in [1.54, 1.807) is 42.6 Å². The van der Waals surface area contributed by atoms with Crippen LogP contribution in [0.2, 0.25) is 0 Å². The van der Waals surface area contributed by atoms with Gasteiger partial charge in [-0.1, -0.05) is 0 Å². The first-order valence-electron chi connectivity index (χ1n) is 6.32. The Hall–Kier alpha value is -2.43. The van der Waals surface area contributed by atoms with Gasteiger partial charge < -0.3 is 10.1 Å². The number of benzene rings is 1. The van der Waals surface area contributed by atoms with Gasteiger partial charge in [-0.05, 0) is 57.2 Å². The summed E-state index contributed by atoms with van der Waals surface area (Å²) >= 11 is 0. The lowest BCUT2D eigenvalue weighted by atomic mass is 10.1. The third-order valence-electron chi connectivity index (χ3n) is 2.35. The van der Waals surface area contributed by atoms with Crippen molar-refractivity contribution in [2.75, 3.05) is 5.32 Å². The number of anilines is 1. The van der Waals surface area contributed by atoms with Gasteiger partial charge in [0.25, 0.3) is 5.91 Å². The third-order valence-corrected chi connectivity index (χ3v) is 2.35. The molecule has 0 saturated carbocycles. The van der Waals surface area contributed by atoms with Gasteiger partial charge in [0.2, 0.25) is 0 Å². The quantitative estimate of drug-likeness (QED) is 0.932. The van der Waals surface area contributed by atoms with Crippen LogP contribution in [-0.4, -0.2) is 21.7 Å². The first-order valence-corrected chi connectivity index (χ1v) is 6.32. The molecule has 104 valence electrons. The Morgan fingerprint density at radius 1 is 1.15 bits per heavy atom. The summed E-state index contributed by atoms with van der Waals surface area (Å²) in [7, 11) is 0. The third kappa shape index (κ3) is 4.05. The van der Waals surface area contributed by atoms with E-state index in [0.717, 1.165) is 5.75 Å². The van der Waals surface area contributed by atoms with Crippen LogP contribution < -0.4 is 10.1 Å². The van der Waals surface area contributed by atoms with E-state index < -0.39 is 0 Å². The minimum absolute atomic E-state index is 0.229. The Bertz CT molecular complexity index is 574. The maximum Gasteiger partial charge on any atom is 0.256 e. The Kier molecular flexibility index (Phi) is 3.98. The van der Waals surface area contributed by atoms with E-state index in [1.807, 2.05) is 20.8 Å². The lowest BCUT2D eigenvalue weighted by Gasteiger charge is -2.21. The SMILES string of the molecule is CC(C)(C)Oc1ccc(C(=O)Nc2cccnn2)cc1. The standard InChI is InChI=1S/C15H17N3O2/c1-15(2,3)20-12-8-6-11(7-9-12)14(19)17-13-5-4-10-16-18-13/h4-10H,1-3H3,(H,17,18,19). The largest absolute Gasteiger partial charge is 0.488 e. The number of nitrogens with one attached hydrogen (secondary N) is 1. The Balaban J connectivity index is 2.04. The topological polar surface area (TPSA) is 64.1 Å². The fraction of sp³-hybridized carbons (Fsp3) is 0.267. The fourth-order valence-electron chi connectivity index (χ4n) is 1.58. The zero-order chi connectivity index (χ0) is 14.6. The molecule has 2 rings (SSSR count). The van der Waals surface area contributed by atoms with Crippen LogP contribution in [0.15, 0.2) is 42.6 Å². The van der Waals surface area contributed by atoms with Crippen molar-refractivity contribution in [3.63, 3.8) is 0 Å². The molecule has 5 heteroatoms. The summed E-state index contributed by atoms with van der Waals surface area (Å²) in [5.74, 6) is 0.925. The van der Waals surface area contributed by atoms with E-state index in [4.69, 9.17) is 4.74 Å². The second-order valence-electron chi connectivity index (χ2n) is 5.30. The lowest BCUT2D eigenvalue weighted by Crippen LogP contribution is -2.23. The monoisotopic (exact) mass is 271 g/mol. The molecule has 1 amide bonds. The predicted molar refractivity (Wildman–Crippen MR) is 76.8 cm³/mol. The summed E-state index contributed by atoms with van der Waals surface area (Å²) < 4.78 is 5.70. The van der Waals surface area contributed by atoms with Gasteiger partial charge in [-0.25, -0.2) is 0 Å². The Morgan fingerprint density at radius 3 is 2.40 bits per heavy atom. The molecule has 0 unspecified atom stereocenters. The minimum Gasteiger partial charge on any atom is -0.488 e. The number of aromatic nitrogens is 2. The molecule has 0 atom stereocenters. The highest BCUT2D eigenvalue weighted by atomic mass is 16.5. The smallest absolute Gasteiger partial charge is 0.256 e. The van der Waals surface area contributed by atoms with E-state index in [0.29, 0.717) is 11.4 Å². The number of hydrogen-bond acceptors (Lipinski definition) is 4. The molecule has 0 spiro atoms. The number of amides is 1. The molecule has 1 N–H and O–H groups in total. The fourth-order valence-corrected chi connectivity index (χ4v) is 1.58. The van der Waals surface area contributed by atoms with E-state index in [2.05, 4.69) is 15.5 Å². The van der Waals surface area contributed by atoms with Crippen LogP contribution >= 0.6 is 0 Å². The van der Waals surface area contributed by atoms with Gasteiger partial charge in [-0.2, -0.15) is 5.10 Å². The van der Waals surface area contributed by atoms with Crippen LogP contribution in [-0.2, 0) is 0 Å². The number of rotatable bonds is 3. The summed E-state index contributed by atoms with van der Waals surface area (Å²) in [6, 6.07) is 10.4. The van der Waals surface area contributed by atoms with Crippen LogP contribution in [0.5, 0.6) is 5.75 Å². The maximum absolute atomic E-state index is 12.0. The zero-order valence-corrected chi connectivity index (χ0v) is 11.8. The van der Waals surface area contributed by atoms with Crippen LogP contribution in [0.1, 0.15) is 31.1 Å². The predicted octanol–water partition coefficient (Wildman–Crippen LogP) is 2.91. The van der Waals surface area contributed by atoms with Crippen LogP contribution in [0.25, 0.3) is 0 Å². The molecule has 0 bridgehead atoms. The summed E-state index contributed by atoms with van der Waals surface area (Å²) in [6.45, 7) is 5.92. The van der Waals surface area contributed by atoms with Crippen molar-refractivity contribution < 1.29 is 9.53 Å². The number of hydrogen-bond donors (Lipinski definition) is 1. The van der Waals surface area contributed by atoms with Crippen molar-refractivity contribution in [1.29, 1.82) is 0 Å². The Morgan fingerprint density at radius 2 is 1.85 bits per heavy atom. The lowest BCUT2D eigenvalue weighted by molar-refractivity contribution is 0.102. The van der Waals surface area contributed by atoms with Gasteiger partial charge >= 0.3 is 0 Å². The highest BCUT2D eigenvalue weighted by Gasteiger charge is 2.12. The summed E-state index contributed by atoms with van der Waals surface area (Å²) in [4.78, 5) is 12.0. The summed E-state index contributed by atoms with van der Waals surface area (Å²) in [5.41, 5.74) is 0.278. The van der Waals surface area contributed by atoms with Crippen molar-refractivity contribution in [1.82, 2.24) is 10.2 Å². The second kappa shape index (κ2) is 5.69. The highest BCUT2D eigenvalue weighted by molar-refractivity contribution is 6.03. The molecule has 0 aliphatic rings. The van der Waals surface area contributed by atoms with E-state index in [1.165, 1.54) is 0 Å². The van der Waals surface area contributed by atoms with Gasteiger partial charge in [0, 0.05) is 11.8 Å². The molecule has 1 heterocycles.